The highest BCUT2D eigenvalue weighted by atomic mass is 16.7. The van der Waals surface area contributed by atoms with E-state index in [9.17, 15) is 24.3 Å². The van der Waals surface area contributed by atoms with Crippen LogP contribution in [-0.4, -0.2) is 103 Å². The SMILES string of the molecule is O=C(O[C@H]1[C@@H](OC(=O)c2ccccc2)[C@H](OC(=O)c2ccccc2)[C@H](O)[C@@H](O[C@H]2O[C@H](COCc3ccccc3)[C@@H](OCc3ccccc3)[C@H](OCc3ccccc3)[C@@H]2OCc2ccccc2)[C@@H]1OC(=O)c1ccccc1)c1ccccc1. The van der Waals surface area contributed by atoms with Gasteiger partial charge in [-0.15, -0.1) is 0 Å². The second kappa shape index (κ2) is 28.9. The van der Waals surface area contributed by atoms with Gasteiger partial charge in [0, 0.05) is 0 Å². The van der Waals surface area contributed by atoms with Crippen molar-refractivity contribution >= 4 is 23.9 Å². The van der Waals surface area contributed by atoms with Crippen LogP contribution in [0.4, 0.5) is 0 Å². The lowest BCUT2D eigenvalue weighted by molar-refractivity contribution is -0.355. The number of carbonyl (C=O) groups excluding carboxylic acids is 4. The zero-order valence-electron chi connectivity index (χ0n) is 45.1. The number of carbonyl (C=O) groups is 4. The molecule has 11 atom stereocenters. The Hall–Kier alpha value is -8.64. The standard InChI is InChI=1S/C68H62O15/c69-55-57(79-64(70)50-33-17-5-18-34-50)60(80-65(71)51-35-19-6-20-36-51)62(82-67(73)53-39-23-8-24-40-53)61(81-66(72)52-37-21-7-22-38-52)58(55)83-68-63(77-44-49-31-15-4-16-32-49)59(76-43-48-29-13-3-14-30-48)56(75-42-47-27-11-2-12-28-47)54(78-68)45-74-41-46-25-9-1-10-26-46/h1-40,54-63,68-69H,41-45H2/t54-,55+,56-,57-,58-,59+,60+,61+,62+,63+,68-/m1/s1. The minimum absolute atomic E-state index is 0.00766. The molecule has 2 fully saturated rings. The Morgan fingerprint density at radius 1 is 0.325 bits per heavy atom. The minimum Gasteiger partial charge on any atom is -0.452 e. The van der Waals surface area contributed by atoms with Crippen molar-refractivity contribution in [3.05, 3.63) is 287 Å². The molecule has 1 saturated heterocycles. The van der Waals surface area contributed by atoms with Crippen LogP contribution >= 0.6 is 0 Å². The Balaban J connectivity index is 1.11. The van der Waals surface area contributed by atoms with Crippen LogP contribution in [0.1, 0.15) is 63.7 Å². The van der Waals surface area contributed by atoms with Crippen molar-refractivity contribution in [2.24, 2.45) is 0 Å². The molecular weight excluding hydrogens is 1060 g/mol. The summed E-state index contributed by atoms with van der Waals surface area (Å²) in [6.45, 7) is 0.283. The molecule has 1 N–H and O–H groups in total. The summed E-state index contributed by atoms with van der Waals surface area (Å²) in [6, 6.07) is 70.0. The fourth-order valence-corrected chi connectivity index (χ4v) is 9.91. The van der Waals surface area contributed by atoms with Crippen LogP contribution in [0.3, 0.4) is 0 Å². The van der Waals surface area contributed by atoms with E-state index in [4.69, 9.17) is 47.4 Å². The highest BCUT2D eigenvalue weighted by Crippen LogP contribution is 2.39. The molecule has 0 amide bonds. The Morgan fingerprint density at radius 2 is 0.614 bits per heavy atom. The van der Waals surface area contributed by atoms with Crippen molar-refractivity contribution in [2.45, 2.75) is 93.8 Å². The first-order chi connectivity index (χ1) is 40.8. The van der Waals surface area contributed by atoms with Gasteiger partial charge in [0.25, 0.3) is 0 Å². The smallest absolute Gasteiger partial charge is 0.338 e. The third-order valence-corrected chi connectivity index (χ3v) is 14.1. The molecule has 83 heavy (non-hydrogen) atoms. The van der Waals surface area contributed by atoms with E-state index in [0.29, 0.717) is 0 Å². The summed E-state index contributed by atoms with van der Waals surface area (Å²) in [4.78, 5) is 58.1. The highest BCUT2D eigenvalue weighted by molar-refractivity contribution is 5.92. The first kappa shape index (κ1) is 57.6. The summed E-state index contributed by atoms with van der Waals surface area (Å²) in [6.07, 6.45) is -17.2. The molecule has 0 unspecified atom stereocenters. The minimum atomic E-state index is -2.06. The van der Waals surface area contributed by atoms with Gasteiger partial charge in [-0.05, 0) is 70.8 Å². The molecule has 0 bridgehead atoms. The molecule has 8 aromatic carbocycles. The first-order valence-corrected chi connectivity index (χ1v) is 27.4. The van der Waals surface area contributed by atoms with Gasteiger partial charge in [-0.1, -0.05) is 194 Å². The molecule has 424 valence electrons. The van der Waals surface area contributed by atoms with Gasteiger partial charge in [0.15, 0.2) is 30.7 Å². The summed E-state index contributed by atoms with van der Waals surface area (Å²) < 4.78 is 66.9. The summed E-state index contributed by atoms with van der Waals surface area (Å²) in [5.74, 6) is -3.76. The van der Waals surface area contributed by atoms with Gasteiger partial charge in [0.2, 0.25) is 0 Å². The van der Waals surface area contributed by atoms with Crippen molar-refractivity contribution in [1.82, 2.24) is 0 Å². The molecule has 1 aliphatic heterocycles. The van der Waals surface area contributed by atoms with E-state index in [1.54, 1.807) is 72.8 Å². The van der Waals surface area contributed by atoms with E-state index in [-0.39, 0.29) is 55.3 Å². The molecule has 10 rings (SSSR count). The lowest BCUT2D eigenvalue weighted by Crippen LogP contribution is -2.70. The van der Waals surface area contributed by atoms with Crippen LogP contribution < -0.4 is 0 Å². The van der Waals surface area contributed by atoms with E-state index in [1.165, 1.54) is 48.5 Å². The largest absolute Gasteiger partial charge is 0.452 e. The van der Waals surface area contributed by atoms with Crippen LogP contribution in [0.25, 0.3) is 0 Å². The lowest BCUT2D eigenvalue weighted by atomic mass is 9.83. The van der Waals surface area contributed by atoms with Crippen molar-refractivity contribution in [1.29, 1.82) is 0 Å². The van der Waals surface area contributed by atoms with E-state index in [1.807, 2.05) is 121 Å². The van der Waals surface area contributed by atoms with Gasteiger partial charge >= 0.3 is 23.9 Å². The quantitative estimate of drug-likeness (QED) is 0.0472. The fourth-order valence-electron chi connectivity index (χ4n) is 9.91. The molecular formula is C68H62O15. The molecule has 15 heteroatoms. The Morgan fingerprint density at radius 3 is 0.988 bits per heavy atom. The van der Waals surface area contributed by atoms with Gasteiger partial charge in [-0.3, -0.25) is 0 Å². The third-order valence-electron chi connectivity index (χ3n) is 14.1. The third kappa shape index (κ3) is 15.3. The number of esters is 4. The van der Waals surface area contributed by atoms with Gasteiger partial charge in [-0.25, -0.2) is 19.2 Å². The van der Waals surface area contributed by atoms with Crippen LogP contribution in [0.15, 0.2) is 243 Å². The predicted molar refractivity (Wildman–Crippen MR) is 303 cm³/mol. The zero-order valence-corrected chi connectivity index (χ0v) is 45.1. The zero-order chi connectivity index (χ0) is 57.2. The molecule has 0 radical (unpaired) electrons. The number of aliphatic hydroxyl groups excluding tert-OH is 1. The van der Waals surface area contributed by atoms with Crippen molar-refractivity contribution in [3.63, 3.8) is 0 Å². The number of benzene rings is 8. The molecule has 8 aromatic rings. The predicted octanol–water partition coefficient (Wildman–Crippen LogP) is 10.3. The van der Waals surface area contributed by atoms with Crippen LogP contribution in [0.2, 0.25) is 0 Å². The van der Waals surface area contributed by atoms with E-state index in [2.05, 4.69) is 0 Å². The number of hydrogen-bond acceptors (Lipinski definition) is 15. The average Bonchev–Trinajstić information content (AvgIpc) is 3.56. The van der Waals surface area contributed by atoms with Gasteiger partial charge < -0.3 is 52.5 Å². The molecule has 1 aliphatic carbocycles. The molecule has 0 spiro atoms. The topological polar surface area (TPSA) is 181 Å². The van der Waals surface area contributed by atoms with Gasteiger partial charge in [-0.2, -0.15) is 0 Å². The van der Waals surface area contributed by atoms with Crippen molar-refractivity contribution < 1.29 is 71.7 Å². The van der Waals surface area contributed by atoms with Gasteiger partial charge in [0.1, 0.15) is 36.6 Å². The maximum Gasteiger partial charge on any atom is 0.338 e. The van der Waals surface area contributed by atoms with Crippen molar-refractivity contribution in [2.75, 3.05) is 6.61 Å². The molecule has 0 aromatic heterocycles. The number of hydrogen-bond donors (Lipinski definition) is 1. The first-order valence-electron chi connectivity index (χ1n) is 27.4. The van der Waals surface area contributed by atoms with E-state index < -0.39 is 91.2 Å². The molecule has 1 saturated carbocycles. The summed E-state index contributed by atoms with van der Waals surface area (Å²) in [7, 11) is 0. The maximum absolute atomic E-state index is 14.7. The van der Waals surface area contributed by atoms with Crippen LogP contribution in [0.5, 0.6) is 0 Å². The Kier molecular flexibility index (Phi) is 20.0. The summed E-state index contributed by atoms with van der Waals surface area (Å²) in [5.41, 5.74) is 3.64. The van der Waals surface area contributed by atoms with Gasteiger partial charge in [0.05, 0.1) is 55.3 Å². The average molecular weight is 1120 g/mol. The summed E-state index contributed by atoms with van der Waals surface area (Å²) in [5, 5.41) is 13.2. The van der Waals surface area contributed by atoms with E-state index in [0.717, 1.165) is 22.3 Å². The molecule has 1 heterocycles. The number of aliphatic hydroxyl groups is 1. The monoisotopic (exact) mass is 1120 g/mol. The Labute approximate surface area is 481 Å². The molecule has 15 nitrogen and oxygen atoms in total. The number of ether oxygens (including phenoxy) is 10. The lowest BCUT2D eigenvalue weighted by Gasteiger charge is -2.50. The highest BCUT2D eigenvalue weighted by Gasteiger charge is 2.61. The van der Waals surface area contributed by atoms with E-state index >= 15 is 0 Å². The maximum atomic E-state index is 14.7. The fraction of sp³-hybridized carbons (Fsp3) is 0.235. The second-order valence-corrected chi connectivity index (χ2v) is 19.9. The van der Waals surface area contributed by atoms with Crippen LogP contribution in [0, 0.1) is 0 Å². The summed E-state index contributed by atoms with van der Waals surface area (Å²) >= 11 is 0. The van der Waals surface area contributed by atoms with Crippen LogP contribution in [-0.2, 0) is 73.8 Å². The normalized spacial score (nSPS) is 23.0. The van der Waals surface area contributed by atoms with Crippen molar-refractivity contribution in [3.8, 4) is 0 Å². The molecule has 2 aliphatic rings. The second-order valence-electron chi connectivity index (χ2n) is 19.9. The number of rotatable bonds is 23. The Bertz CT molecular complexity index is 3270.